The van der Waals surface area contributed by atoms with Gasteiger partial charge < -0.3 is 0 Å². The Hall–Kier alpha value is 1.11. The first-order chi connectivity index (χ1) is 7.33. The van der Waals surface area contributed by atoms with E-state index in [0.717, 1.165) is 6.42 Å². The van der Waals surface area contributed by atoms with Crippen LogP contribution in [-0.4, -0.2) is 13.4 Å². The number of hydrogen-bond acceptors (Lipinski definition) is 0. The molecule has 0 amide bonds. The lowest BCUT2D eigenvalue weighted by molar-refractivity contribution is 0.566. The molecule has 0 saturated heterocycles. The molecule has 0 atom stereocenters. The Kier molecular flexibility index (Phi) is 25.3. The van der Waals surface area contributed by atoms with Crippen LogP contribution in [0, 0.1) is 6.92 Å². The summed E-state index contributed by atoms with van der Waals surface area (Å²) in [6.45, 7) is 6.12. The Morgan fingerprint density at radius 1 is 0.800 bits per heavy atom. The van der Waals surface area contributed by atoms with Gasteiger partial charge in [-0.3, -0.25) is 0 Å². The van der Waals surface area contributed by atoms with Crippen LogP contribution in [0.25, 0.3) is 0 Å². The molecule has 0 N–H and O–H groups in total. The topological polar surface area (TPSA) is 0 Å². The molecule has 0 aromatic heterocycles. The van der Waals surface area contributed by atoms with E-state index in [1.807, 2.05) is 0 Å². The monoisotopic (exact) mass is 267 g/mol. The highest BCUT2D eigenvalue weighted by atomic mass is 35.7. The van der Waals surface area contributed by atoms with Crippen LogP contribution in [0.5, 0.6) is 0 Å². The molecule has 0 bridgehead atoms. The Bertz CT molecular complexity index is 79.7. The second-order valence-corrected chi connectivity index (χ2v) is 6.41. The van der Waals surface area contributed by atoms with E-state index >= 15 is 0 Å². The molecule has 3 heteroatoms. The molecule has 0 unspecified atom stereocenters. The van der Waals surface area contributed by atoms with Crippen molar-refractivity contribution in [3.63, 3.8) is 0 Å². The molecule has 0 aromatic carbocycles. The first kappa shape index (κ1) is 18.5. The Morgan fingerprint density at radius 3 is 1.47 bits per heavy atom. The summed E-state index contributed by atoms with van der Waals surface area (Å²) in [7, 11) is 9.81. The number of hydrogen-bond donors (Lipinski definition) is 0. The first-order valence-electron chi connectivity index (χ1n) is 6.24. The minimum absolute atomic E-state index is 0.639. The maximum absolute atomic E-state index is 4.90. The molecule has 0 aliphatic rings. The fourth-order valence-electron chi connectivity index (χ4n) is 1.49. The lowest BCUT2D eigenvalue weighted by Crippen LogP contribution is -1.80. The van der Waals surface area contributed by atoms with Crippen molar-refractivity contribution in [3.8, 4) is 0 Å². The lowest BCUT2D eigenvalue weighted by atomic mass is 10.1. The minimum Gasteiger partial charge on any atom is -0.240 e. The summed E-state index contributed by atoms with van der Waals surface area (Å²) in [5.41, 5.74) is 0. The molecule has 0 fully saturated rings. The molecule has 15 heavy (non-hydrogen) atoms. The average Bonchev–Trinajstić information content (AvgIpc) is 2.23. The highest BCUT2D eigenvalue weighted by Gasteiger charge is 1.90. The molecular weight excluding hydrogens is 242 g/mol. The van der Waals surface area contributed by atoms with Crippen LogP contribution in [-0.2, 0) is 0 Å². The summed E-state index contributed by atoms with van der Waals surface area (Å²) in [5.74, 6) is 0. The summed E-state index contributed by atoms with van der Waals surface area (Å²) < 4.78 is 0. The van der Waals surface area contributed by atoms with Gasteiger partial charge in [0.15, 0.2) is 0 Å². The van der Waals surface area contributed by atoms with Crippen molar-refractivity contribution in [3.05, 3.63) is 6.92 Å². The molecule has 0 nitrogen and oxygen atoms in total. The molecule has 0 aromatic rings. The Morgan fingerprint density at radius 2 is 1.13 bits per heavy atom. The second kappa shape index (κ2) is 20.5. The zero-order valence-corrected chi connectivity index (χ0v) is 13.2. The van der Waals surface area contributed by atoms with Gasteiger partial charge in [0.25, 0.3) is 0 Å². The van der Waals surface area contributed by atoms with Crippen LogP contribution in [0.4, 0.5) is 0 Å². The third-order valence-electron chi connectivity index (χ3n) is 2.35. The Labute approximate surface area is 111 Å². The summed E-state index contributed by atoms with van der Waals surface area (Å²) >= 11 is -0.639. The summed E-state index contributed by atoms with van der Waals surface area (Å²) in [4.78, 5) is 0. The molecule has 0 aliphatic carbocycles. The van der Waals surface area contributed by atoms with E-state index in [-0.39, 0.29) is 0 Å². The molecule has 1 radical (unpaired) electrons. The van der Waals surface area contributed by atoms with Crippen LogP contribution in [0.1, 0.15) is 71.1 Å². The molecular formula is C12H26AlCl2. The Balaban J connectivity index is 0. The predicted molar refractivity (Wildman–Crippen MR) is 76.1 cm³/mol. The van der Waals surface area contributed by atoms with E-state index in [9.17, 15) is 0 Å². The number of halogens is 2. The van der Waals surface area contributed by atoms with Crippen molar-refractivity contribution in [2.45, 2.75) is 71.1 Å². The predicted octanol–water partition coefficient (Wildman–Crippen LogP) is 5.47. The van der Waals surface area contributed by atoms with Gasteiger partial charge in [-0.25, -0.2) is 20.1 Å². The maximum atomic E-state index is 4.90. The van der Waals surface area contributed by atoms with Crippen molar-refractivity contribution in [2.75, 3.05) is 0 Å². The van der Waals surface area contributed by atoms with Crippen LogP contribution in [0.2, 0.25) is 0 Å². The van der Waals surface area contributed by atoms with Gasteiger partial charge in [0.2, 0.25) is 0 Å². The summed E-state index contributed by atoms with van der Waals surface area (Å²) in [5, 5.41) is 0. The van der Waals surface area contributed by atoms with Gasteiger partial charge in [-0.15, -0.1) is 0 Å². The highest BCUT2D eigenvalue weighted by Crippen LogP contribution is 2.09. The lowest BCUT2D eigenvalue weighted by Gasteiger charge is -1.99. The van der Waals surface area contributed by atoms with Gasteiger partial charge in [-0.05, 0) is 0 Å². The van der Waals surface area contributed by atoms with Crippen molar-refractivity contribution >= 4 is 33.5 Å². The molecule has 0 saturated carbocycles. The van der Waals surface area contributed by atoms with Crippen molar-refractivity contribution in [2.24, 2.45) is 0 Å². The van der Waals surface area contributed by atoms with E-state index in [2.05, 4.69) is 13.8 Å². The van der Waals surface area contributed by atoms with Gasteiger partial charge in [0.1, 0.15) is 0 Å². The van der Waals surface area contributed by atoms with E-state index < -0.39 is 13.4 Å². The second-order valence-electron chi connectivity index (χ2n) is 3.78. The summed E-state index contributed by atoms with van der Waals surface area (Å²) in [6.07, 6.45) is 13.9. The van der Waals surface area contributed by atoms with Crippen molar-refractivity contribution in [1.82, 2.24) is 0 Å². The SMILES string of the molecule is [CH2]CCCCCCCCCCC.[Cl][AlH][Cl]. The fraction of sp³-hybridized carbons (Fsp3) is 0.917. The van der Waals surface area contributed by atoms with Crippen molar-refractivity contribution < 1.29 is 0 Å². The van der Waals surface area contributed by atoms with Crippen molar-refractivity contribution in [1.29, 1.82) is 0 Å². The van der Waals surface area contributed by atoms with Gasteiger partial charge in [0.05, 0.1) is 0 Å². The van der Waals surface area contributed by atoms with Crippen LogP contribution in [0.3, 0.4) is 0 Å². The van der Waals surface area contributed by atoms with Crippen LogP contribution < -0.4 is 0 Å². The zero-order chi connectivity index (χ0) is 11.8. The number of rotatable bonds is 9. The molecule has 0 heterocycles. The normalized spacial score (nSPS) is 9.33. The smallest absolute Gasteiger partial charge is 0.240 e. The average molecular weight is 268 g/mol. The number of unbranched alkanes of at least 4 members (excludes halogenated alkanes) is 9. The van der Waals surface area contributed by atoms with Crippen LogP contribution >= 0.6 is 20.1 Å². The molecule has 91 valence electrons. The zero-order valence-electron chi connectivity index (χ0n) is 10.2. The quantitative estimate of drug-likeness (QED) is 0.384. The van der Waals surface area contributed by atoms with Crippen LogP contribution in [0.15, 0.2) is 0 Å². The van der Waals surface area contributed by atoms with E-state index in [4.69, 9.17) is 20.1 Å². The molecule has 0 spiro atoms. The third-order valence-corrected chi connectivity index (χ3v) is 2.35. The largest absolute Gasteiger partial charge is 0.499 e. The standard InChI is InChI=1S/C12H25.Al.2ClH.H/c1-3-5-7-9-11-12-10-8-6-4-2;;;;/h1,3-12H2,2H3;;2*1H;/q;+2;;;/p-2. The van der Waals surface area contributed by atoms with Gasteiger partial charge in [0, 0.05) is 0 Å². The van der Waals surface area contributed by atoms with Gasteiger partial charge >= 0.3 is 13.4 Å². The van der Waals surface area contributed by atoms with Gasteiger partial charge in [-0.2, -0.15) is 0 Å². The highest BCUT2D eigenvalue weighted by molar-refractivity contribution is 7.22. The summed E-state index contributed by atoms with van der Waals surface area (Å²) in [6, 6.07) is 0. The van der Waals surface area contributed by atoms with E-state index in [1.165, 1.54) is 57.8 Å². The van der Waals surface area contributed by atoms with Gasteiger partial charge in [-0.1, -0.05) is 78.1 Å². The third kappa shape index (κ3) is 25.4. The first-order valence-corrected chi connectivity index (χ1v) is 10.5. The minimum atomic E-state index is -0.639. The van der Waals surface area contributed by atoms with E-state index in [0.29, 0.717) is 0 Å². The van der Waals surface area contributed by atoms with E-state index in [1.54, 1.807) is 0 Å². The maximum Gasteiger partial charge on any atom is 0.499 e. The molecule has 0 aliphatic heterocycles. The fourth-order valence-corrected chi connectivity index (χ4v) is 1.49. The molecule has 0 rings (SSSR count).